The summed E-state index contributed by atoms with van der Waals surface area (Å²) in [4.78, 5) is 0. The first-order valence-electron chi connectivity index (χ1n) is 6.38. The fourth-order valence-corrected chi connectivity index (χ4v) is 1.23. The van der Waals surface area contributed by atoms with Gasteiger partial charge in [-0.3, -0.25) is 0 Å². The van der Waals surface area contributed by atoms with Gasteiger partial charge in [0.25, 0.3) is 0 Å². The van der Waals surface area contributed by atoms with Crippen LogP contribution in [-0.4, -0.2) is 19.1 Å². The van der Waals surface area contributed by atoms with Crippen molar-refractivity contribution in [2.75, 3.05) is 14.1 Å². The SMILES string of the molecule is CC/C=C(/[N-]N(C)C)c1ccccc1.C[C-](C)C.[Zn+2]. The van der Waals surface area contributed by atoms with E-state index in [4.69, 9.17) is 0 Å². The molecule has 0 amide bonds. The molecule has 0 spiro atoms. The fraction of sp³-hybridized carbons (Fsp3) is 0.438. The van der Waals surface area contributed by atoms with Gasteiger partial charge >= 0.3 is 19.5 Å². The van der Waals surface area contributed by atoms with E-state index in [9.17, 15) is 0 Å². The van der Waals surface area contributed by atoms with Gasteiger partial charge in [0.1, 0.15) is 0 Å². The Morgan fingerprint density at radius 2 is 1.63 bits per heavy atom. The van der Waals surface area contributed by atoms with Gasteiger partial charge in [-0.05, 0) is 26.1 Å². The van der Waals surface area contributed by atoms with E-state index < -0.39 is 0 Å². The third-order valence-electron chi connectivity index (χ3n) is 1.77. The molecule has 0 saturated heterocycles. The zero-order valence-corrected chi connectivity index (χ0v) is 16.2. The fourth-order valence-electron chi connectivity index (χ4n) is 1.23. The molecule has 0 aromatic heterocycles. The van der Waals surface area contributed by atoms with Crippen LogP contribution in [0.4, 0.5) is 0 Å². The molecule has 0 aliphatic rings. The van der Waals surface area contributed by atoms with E-state index >= 15 is 0 Å². The molecule has 102 valence electrons. The molecule has 3 heteroatoms. The van der Waals surface area contributed by atoms with Gasteiger partial charge in [-0.2, -0.15) is 20.8 Å². The summed E-state index contributed by atoms with van der Waals surface area (Å²) in [6.45, 7) is 8.37. The first-order chi connectivity index (χ1) is 8.47. The standard InChI is InChI=1S/C12H17N2.C4H9.Zn/c1-4-8-12(13-14(2)3)11-9-6-5-7-10-11;1-4(2)3;/h5-10H,4H2,1-3H3;1-3H3;/q2*-1;+2/b12-8+;;. The quantitative estimate of drug-likeness (QED) is 0.439. The molecular weight excluding hydrogens is 286 g/mol. The summed E-state index contributed by atoms with van der Waals surface area (Å²) in [5.41, 5.74) is 6.64. The van der Waals surface area contributed by atoms with Gasteiger partial charge in [0.05, 0.1) is 0 Å². The Kier molecular flexibility index (Phi) is 13.5. The number of benzene rings is 1. The largest absolute Gasteiger partial charge is 2.00 e. The van der Waals surface area contributed by atoms with Crippen molar-refractivity contribution in [3.8, 4) is 0 Å². The number of nitrogens with zero attached hydrogens (tertiary/aromatic N) is 2. The topological polar surface area (TPSA) is 17.3 Å². The number of hydrogen-bond acceptors (Lipinski definition) is 1. The van der Waals surface area contributed by atoms with E-state index in [1.165, 1.54) is 11.5 Å². The number of rotatable bonds is 4. The first kappa shape index (κ1) is 20.7. The van der Waals surface area contributed by atoms with Crippen LogP contribution in [0.2, 0.25) is 0 Å². The van der Waals surface area contributed by atoms with Crippen molar-refractivity contribution < 1.29 is 19.5 Å². The molecule has 1 aromatic carbocycles. The monoisotopic (exact) mass is 310 g/mol. The molecule has 1 rings (SSSR count). The summed E-state index contributed by atoms with van der Waals surface area (Å²) in [6, 6.07) is 10.2. The Morgan fingerprint density at radius 3 is 2.00 bits per heavy atom. The molecule has 0 bridgehead atoms. The summed E-state index contributed by atoms with van der Waals surface area (Å²) < 4.78 is 0. The average Bonchev–Trinajstić information content (AvgIpc) is 2.28. The minimum Gasteiger partial charge on any atom is -0.620 e. The van der Waals surface area contributed by atoms with Crippen LogP contribution in [0.15, 0.2) is 36.4 Å². The Hall–Kier alpha value is -0.657. The number of allylic oxidation sites excluding steroid dienone is 1. The minimum absolute atomic E-state index is 0. The van der Waals surface area contributed by atoms with Crippen molar-refractivity contribution in [1.82, 2.24) is 5.01 Å². The maximum Gasteiger partial charge on any atom is 2.00 e. The average molecular weight is 312 g/mol. The predicted molar refractivity (Wildman–Crippen MR) is 82.0 cm³/mol. The zero-order valence-electron chi connectivity index (χ0n) is 13.3. The van der Waals surface area contributed by atoms with Gasteiger partial charge in [0.2, 0.25) is 0 Å². The molecule has 0 fully saturated rings. The molecule has 1 aromatic rings. The maximum absolute atomic E-state index is 4.43. The first-order valence-corrected chi connectivity index (χ1v) is 6.38. The van der Waals surface area contributed by atoms with Crippen molar-refractivity contribution in [3.63, 3.8) is 0 Å². The maximum atomic E-state index is 4.43. The molecule has 19 heavy (non-hydrogen) atoms. The second kappa shape index (κ2) is 12.4. The summed E-state index contributed by atoms with van der Waals surface area (Å²) in [5, 5.41) is 1.83. The third-order valence-corrected chi connectivity index (χ3v) is 1.77. The van der Waals surface area contributed by atoms with Crippen molar-refractivity contribution in [1.29, 1.82) is 0 Å². The Bertz CT molecular complexity index is 329. The van der Waals surface area contributed by atoms with Crippen molar-refractivity contribution in [2.45, 2.75) is 34.1 Å². The van der Waals surface area contributed by atoms with E-state index in [1.807, 2.05) is 37.3 Å². The van der Waals surface area contributed by atoms with Gasteiger partial charge in [-0.15, -0.1) is 5.70 Å². The van der Waals surface area contributed by atoms with Crippen molar-refractivity contribution in [3.05, 3.63) is 53.3 Å². The van der Waals surface area contributed by atoms with Crippen LogP contribution in [0.3, 0.4) is 0 Å². The molecule has 0 N–H and O–H groups in total. The van der Waals surface area contributed by atoms with Gasteiger partial charge in [-0.25, -0.2) is 0 Å². The summed E-state index contributed by atoms with van der Waals surface area (Å²) in [6.07, 6.45) is 3.14. The molecule has 2 nitrogen and oxygen atoms in total. The van der Waals surface area contributed by atoms with Gasteiger partial charge in [0.15, 0.2) is 0 Å². The number of hydrogen-bond donors (Lipinski definition) is 0. The molecule has 0 atom stereocenters. The van der Waals surface area contributed by atoms with Crippen LogP contribution in [0.1, 0.15) is 39.7 Å². The molecule has 0 unspecified atom stereocenters. The molecule has 0 radical (unpaired) electrons. The third kappa shape index (κ3) is 12.1. The van der Waals surface area contributed by atoms with E-state index in [1.54, 1.807) is 0 Å². The van der Waals surface area contributed by atoms with Crippen molar-refractivity contribution in [2.24, 2.45) is 0 Å². The second-order valence-corrected chi connectivity index (χ2v) is 4.81. The van der Waals surface area contributed by atoms with E-state index in [0.717, 1.165) is 12.1 Å². The Labute approximate surface area is 132 Å². The smallest absolute Gasteiger partial charge is 0.620 e. The van der Waals surface area contributed by atoms with Crippen LogP contribution >= 0.6 is 0 Å². The van der Waals surface area contributed by atoms with E-state index in [0.29, 0.717) is 0 Å². The van der Waals surface area contributed by atoms with Gasteiger partial charge < -0.3 is 16.4 Å². The van der Waals surface area contributed by atoms with Gasteiger partial charge in [-0.1, -0.05) is 43.3 Å². The minimum atomic E-state index is 0. The van der Waals surface area contributed by atoms with E-state index in [-0.39, 0.29) is 19.5 Å². The van der Waals surface area contributed by atoms with Crippen molar-refractivity contribution >= 4 is 5.70 Å². The molecule has 0 aliphatic heterocycles. The predicted octanol–water partition coefficient (Wildman–Crippen LogP) is 4.91. The molecule has 0 aliphatic carbocycles. The molecule has 0 saturated carbocycles. The van der Waals surface area contributed by atoms with Crippen LogP contribution in [0.25, 0.3) is 11.1 Å². The Balaban J connectivity index is 0. The molecule has 0 heterocycles. The molecular formula is C16H26N2Zn. The second-order valence-electron chi connectivity index (χ2n) is 4.81. The van der Waals surface area contributed by atoms with Crippen LogP contribution in [0.5, 0.6) is 0 Å². The Morgan fingerprint density at radius 1 is 1.16 bits per heavy atom. The van der Waals surface area contributed by atoms with Crippen LogP contribution in [-0.2, 0) is 19.5 Å². The van der Waals surface area contributed by atoms with Crippen LogP contribution in [0, 0.1) is 5.92 Å². The van der Waals surface area contributed by atoms with E-state index in [2.05, 4.69) is 51.3 Å². The normalized spacial score (nSPS) is 10.6. The van der Waals surface area contributed by atoms with Crippen LogP contribution < -0.4 is 0 Å². The van der Waals surface area contributed by atoms with Gasteiger partial charge in [0, 0.05) is 0 Å². The summed E-state index contributed by atoms with van der Waals surface area (Å²) in [5.74, 6) is 1.42. The zero-order chi connectivity index (χ0) is 14.0. The summed E-state index contributed by atoms with van der Waals surface area (Å²) >= 11 is 0. The summed E-state index contributed by atoms with van der Waals surface area (Å²) in [7, 11) is 3.87.